The predicted molar refractivity (Wildman–Crippen MR) is 112 cm³/mol. The molecule has 0 aliphatic carbocycles. The molecule has 0 fully saturated rings. The number of benzene rings is 2. The number of para-hydroxylation sites is 1. The third-order valence-corrected chi connectivity index (χ3v) is 5.27. The number of hydrogen-bond acceptors (Lipinski definition) is 5. The van der Waals surface area contributed by atoms with Gasteiger partial charge in [0.25, 0.3) is 5.56 Å². The van der Waals surface area contributed by atoms with Crippen LogP contribution in [0.1, 0.15) is 19.7 Å². The summed E-state index contributed by atoms with van der Waals surface area (Å²) >= 11 is 1.53. The van der Waals surface area contributed by atoms with Gasteiger partial charge >= 0.3 is 0 Å². The molecule has 142 valence electrons. The SMILES string of the molecule is CC(C)Cn1c(SCc2nc3ccccc3c(=O)[nH]2)nnc1-c1ccccc1. The third kappa shape index (κ3) is 3.84. The van der Waals surface area contributed by atoms with E-state index in [0.717, 1.165) is 23.1 Å². The number of nitrogens with zero attached hydrogens (tertiary/aromatic N) is 4. The first-order valence-electron chi connectivity index (χ1n) is 9.21. The molecule has 28 heavy (non-hydrogen) atoms. The van der Waals surface area contributed by atoms with Crippen molar-refractivity contribution in [1.29, 1.82) is 0 Å². The van der Waals surface area contributed by atoms with Crippen LogP contribution in [-0.4, -0.2) is 24.7 Å². The maximum Gasteiger partial charge on any atom is 0.258 e. The Bertz CT molecular complexity index is 1150. The summed E-state index contributed by atoms with van der Waals surface area (Å²) in [6.45, 7) is 5.17. The molecule has 0 aliphatic rings. The van der Waals surface area contributed by atoms with E-state index < -0.39 is 0 Å². The molecule has 2 aromatic heterocycles. The van der Waals surface area contributed by atoms with Crippen LogP contribution in [0.25, 0.3) is 22.3 Å². The van der Waals surface area contributed by atoms with E-state index in [9.17, 15) is 4.79 Å². The zero-order valence-electron chi connectivity index (χ0n) is 15.8. The molecule has 0 saturated carbocycles. The highest BCUT2D eigenvalue weighted by atomic mass is 32.2. The second kappa shape index (κ2) is 7.98. The summed E-state index contributed by atoms with van der Waals surface area (Å²) in [6, 6.07) is 17.4. The minimum atomic E-state index is -0.116. The standard InChI is InChI=1S/C21H21N5OS/c1-14(2)12-26-19(15-8-4-3-5-9-15)24-25-21(26)28-13-18-22-17-11-7-6-10-16(17)20(27)23-18/h3-11,14H,12-13H2,1-2H3,(H,22,23,27). The minimum absolute atomic E-state index is 0.116. The smallest absolute Gasteiger partial charge is 0.258 e. The van der Waals surface area contributed by atoms with Crippen LogP contribution in [-0.2, 0) is 12.3 Å². The quantitative estimate of drug-likeness (QED) is 0.500. The second-order valence-corrected chi connectivity index (χ2v) is 7.94. The highest BCUT2D eigenvalue weighted by Gasteiger charge is 2.16. The first kappa shape index (κ1) is 18.4. The average molecular weight is 392 g/mol. The van der Waals surface area contributed by atoms with Crippen molar-refractivity contribution in [3.8, 4) is 11.4 Å². The first-order valence-corrected chi connectivity index (χ1v) is 10.2. The molecule has 0 unspecified atom stereocenters. The Balaban J connectivity index is 1.63. The van der Waals surface area contributed by atoms with Crippen molar-refractivity contribution in [2.75, 3.05) is 0 Å². The minimum Gasteiger partial charge on any atom is -0.309 e. The Labute approximate surface area is 167 Å². The third-order valence-electron chi connectivity index (χ3n) is 4.30. The summed E-state index contributed by atoms with van der Waals surface area (Å²) in [6.07, 6.45) is 0. The first-order chi connectivity index (χ1) is 13.6. The maximum atomic E-state index is 12.3. The van der Waals surface area contributed by atoms with Gasteiger partial charge in [-0.25, -0.2) is 4.98 Å². The molecule has 4 aromatic rings. The van der Waals surface area contributed by atoms with E-state index in [4.69, 9.17) is 0 Å². The Kier molecular flexibility index (Phi) is 5.25. The second-order valence-electron chi connectivity index (χ2n) is 7.00. The van der Waals surface area contributed by atoms with Crippen LogP contribution in [0.15, 0.2) is 64.5 Å². The van der Waals surface area contributed by atoms with E-state index in [0.29, 0.717) is 28.4 Å². The molecule has 0 saturated heterocycles. The summed E-state index contributed by atoms with van der Waals surface area (Å²) in [4.78, 5) is 19.7. The topological polar surface area (TPSA) is 76.5 Å². The van der Waals surface area contributed by atoms with E-state index in [2.05, 4.69) is 38.6 Å². The number of aromatic amines is 1. The Morgan fingerprint density at radius 1 is 1.04 bits per heavy atom. The molecular weight excluding hydrogens is 370 g/mol. The highest BCUT2D eigenvalue weighted by Crippen LogP contribution is 2.26. The molecule has 0 spiro atoms. The largest absolute Gasteiger partial charge is 0.309 e. The molecule has 0 radical (unpaired) electrons. The maximum absolute atomic E-state index is 12.3. The van der Waals surface area contributed by atoms with E-state index in [-0.39, 0.29) is 5.56 Å². The van der Waals surface area contributed by atoms with Gasteiger partial charge in [-0.15, -0.1) is 10.2 Å². The number of H-pyrrole nitrogens is 1. The molecule has 0 amide bonds. The lowest BCUT2D eigenvalue weighted by atomic mass is 10.2. The van der Waals surface area contributed by atoms with Gasteiger partial charge < -0.3 is 9.55 Å². The van der Waals surface area contributed by atoms with Gasteiger partial charge in [-0.3, -0.25) is 4.79 Å². The summed E-state index contributed by atoms with van der Waals surface area (Å²) in [5.74, 6) is 2.47. The van der Waals surface area contributed by atoms with Crippen LogP contribution in [0.3, 0.4) is 0 Å². The van der Waals surface area contributed by atoms with Crippen LogP contribution in [0.5, 0.6) is 0 Å². The van der Waals surface area contributed by atoms with Gasteiger partial charge in [0.15, 0.2) is 11.0 Å². The lowest BCUT2D eigenvalue weighted by molar-refractivity contribution is 0.498. The molecule has 2 aromatic carbocycles. The molecule has 2 heterocycles. The van der Waals surface area contributed by atoms with Crippen molar-refractivity contribution in [3.05, 3.63) is 70.8 Å². The average Bonchev–Trinajstić information content (AvgIpc) is 3.09. The van der Waals surface area contributed by atoms with Crippen molar-refractivity contribution < 1.29 is 0 Å². The Hall–Kier alpha value is -2.93. The monoisotopic (exact) mass is 391 g/mol. The van der Waals surface area contributed by atoms with Gasteiger partial charge in [-0.1, -0.05) is 68.1 Å². The number of fused-ring (bicyclic) bond motifs is 1. The number of hydrogen-bond donors (Lipinski definition) is 1. The van der Waals surface area contributed by atoms with Crippen LogP contribution >= 0.6 is 11.8 Å². The van der Waals surface area contributed by atoms with Crippen molar-refractivity contribution in [2.24, 2.45) is 5.92 Å². The van der Waals surface area contributed by atoms with Crippen molar-refractivity contribution >= 4 is 22.7 Å². The number of thioether (sulfide) groups is 1. The van der Waals surface area contributed by atoms with Gasteiger partial charge in [0.1, 0.15) is 5.82 Å². The zero-order chi connectivity index (χ0) is 19.5. The molecular formula is C21H21N5OS. The van der Waals surface area contributed by atoms with Crippen molar-refractivity contribution in [1.82, 2.24) is 24.7 Å². The van der Waals surface area contributed by atoms with Crippen LogP contribution in [0.4, 0.5) is 0 Å². The van der Waals surface area contributed by atoms with Gasteiger partial charge in [-0.05, 0) is 18.1 Å². The van der Waals surface area contributed by atoms with Gasteiger partial charge in [-0.2, -0.15) is 0 Å². The molecule has 1 N–H and O–H groups in total. The number of nitrogens with one attached hydrogen (secondary N) is 1. The number of rotatable bonds is 6. The normalized spacial score (nSPS) is 11.4. The van der Waals surface area contributed by atoms with Gasteiger partial charge in [0.2, 0.25) is 0 Å². The molecule has 0 atom stereocenters. The summed E-state index contributed by atoms with van der Waals surface area (Å²) in [7, 11) is 0. The van der Waals surface area contributed by atoms with Gasteiger partial charge in [0, 0.05) is 12.1 Å². The van der Waals surface area contributed by atoms with E-state index in [1.54, 1.807) is 6.07 Å². The fourth-order valence-electron chi connectivity index (χ4n) is 3.06. The zero-order valence-corrected chi connectivity index (χ0v) is 16.6. The molecule has 7 heteroatoms. The molecule has 6 nitrogen and oxygen atoms in total. The summed E-state index contributed by atoms with van der Waals surface area (Å²) in [5.41, 5.74) is 1.63. The van der Waals surface area contributed by atoms with Crippen molar-refractivity contribution in [3.63, 3.8) is 0 Å². The van der Waals surface area contributed by atoms with Crippen LogP contribution < -0.4 is 5.56 Å². The van der Waals surface area contributed by atoms with E-state index in [1.165, 1.54) is 11.8 Å². The molecule has 4 rings (SSSR count). The lowest BCUT2D eigenvalue weighted by Gasteiger charge is -2.12. The summed E-state index contributed by atoms with van der Waals surface area (Å²) < 4.78 is 2.14. The summed E-state index contributed by atoms with van der Waals surface area (Å²) in [5, 5.41) is 10.2. The lowest BCUT2D eigenvalue weighted by Crippen LogP contribution is -2.11. The molecule has 0 aliphatic heterocycles. The van der Waals surface area contributed by atoms with E-state index >= 15 is 0 Å². The van der Waals surface area contributed by atoms with Crippen molar-refractivity contribution in [2.45, 2.75) is 31.3 Å². The van der Waals surface area contributed by atoms with Gasteiger partial charge in [0.05, 0.1) is 16.7 Å². The number of aromatic nitrogens is 5. The van der Waals surface area contributed by atoms with Crippen LogP contribution in [0.2, 0.25) is 0 Å². The van der Waals surface area contributed by atoms with E-state index in [1.807, 2.05) is 48.5 Å². The molecule has 0 bridgehead atoms. The Morgan fingerprint density at radius 3 is 2.57 bits per heavy atom. The fourth-order valence-corrected chi connectivity index (χ4v) is 3.88. The highest BCUT2D eigenvalue weighted by molar-refractivity contribution is 7.98. The van der Waals surface area contributed by atoms with Crippen LogP contribution in [0, 0.1) is 5.92 Å². The fraction of sp³-hybridized carbons (Fsp3) is 0.238. The predicted octanol–water partition coefficient (Wildman–Crippen LogP) is 4.13. The Morgan fingerprint density at radius 2 is 1.79 bits per heavy atom.